The van der Waals surface area contributed by atoms with Crippen LogP contribution >= 0.6 is 0 Å². The molecule has 0 fully saturated rings. The lowest BCUT2D eigenvalue weighted by Crippen LogP contribution is -2.50. The van der Waals surface area contributed by atoms with Crippen LogP contribution in [-0.2, 0) is 0 Å². The standard InChI is InChI=1S/2C16H36N.C8H6O4/c2*1-5-9-13-17(14-10-6-2,15-11-7-3)16-12-8-4;9-7(10)5-1-2-6(4-3-5)8(11)12/h2*5-16H2,1-4H3;1-4H,(H,9,10)(H,11,12)/q2*+1;/p-2. The topological polar surface area (TPSA) is 80.3 Å². The summed E-state index contributed by atoms with van der Waals surface area (Å²) in [7, 11) is 0. The number of quaternary nitrogens is 2. The van der Waals surface area contributed by atoms with Gasteiger partial charge in [0, 0.05) is 0 Å². The van der Waals surface area contributed by atoms with Gasteiger partial charge in [-0.1, -0.05) is 131 Å². The average Bonchev–Trinajstić information content (AvgIpc) is 3.07. The number of carbonyl (C=O) groups is 2. The molecule has 1 rings (SSSR count). The van der Waals surface area contributed by atoms with Crippen LogP contribution in [0.25, 0.3) is 0 Å². The van der Waals surface area contributed by atoms with E-state index in [0.29, 0.717) is 0 Å². The van der Waals surface area contributed by atoms with Gasteiger partial charge < -0.3 is 28.8 Å². The normalized spacial score (nSPS) is 11.3. The molecule has 1 aromatic rings. The molecule has 0 spiro atoms. The lowest BCUT2D eigenvalue weighted by atomic mass is 10.1. The zero-order valence-electron chi connectivity index (χ0n) is 31.8. The van der Waals surface area contributed by atoms with Crippen molar-refractivity contribution in [2.75, 3.05) is 52.4 Å². The first-order valence-electron chi connectivity index (χ1n) is 19.3. The molecule has 0 N–H and O–H groups in total. The number of carboxylic acid groups (broad SMARTS) is 2. The van der Waals surface area contributed by atoms with Gasteiger partial charge in [0.1, 0.15) is 0 Å². The third-order valence-corrected chi connectivity index (χ3v) is 9.24. The van der Waals surface area contributed by atoms with E-state index in [1.807, 2.05) is 0 Å². The van der Waals surface area contributed by atoms with Crippen LogP contribution in [0.1, 0.15) is 179 Å². The van der Waals surface area contributed by atoms with E-state index < -0.39 is 11.9 Å². The third-order valence-electron chi connectivity index (χ3n) is 9.24. The van der Waals surface area contributed by atoms with Crippen molar-refractivity contribution >= 4 is 11.9 Å². The second-order valence-corrected chi connectivity index (χ2v) is 13.5. The fourth-order valence-corrected chi connectivity index (χ4v) is 6.03. The minimum Gasteiger partial charge on any atom is -0.545 e. The van der Waals surface area contributed by atoms with Crippen LogP contribution in [0.15, 0.2) is 24.3 Å². The molecule has 0 aliphatic heterocycles. The molecular weight excluding hydrogens is 572 g/mol. The van der Waals surface area contributed by atoms with Crippen LogP contribution < -0.4 is 10.2 Å². The number of unbranched alkanes of at least 4 members (excludes halogenated alkanes) is 8. The van der Waals surface area contributed by atoms with Crippen LogP contribution in [0, 0.1) is 0 Å². The number of carbonyl (C=O) groups excluding carboxylic acids is 2. The summed E-state index contributed by atoms with van der Waals surface area (Å²) >= 11 is 0. The molecule has 46 heavy (non-hydrogen) atoms. The van der Waals surface area contributed by atoms with Gasteiger partial charge in [0.25, 0.3) is 0 Å². The molecule has 0 radical (unpaired) electrons. The molecule has 0 aromatic heterocycles. The monoisotopic (exact) mass is 649 g/mol. The Morgan fingerprint density at radius 1 is 0.391 bits per heavy atom. The molecule has 0 aliphatic carbocycles. The van der Waals surface area contributed by atoms with E-state index in [1.54, 1.807) is 0 Å². The molecule has 0 aliphatic rings. The first-order valence-corrected chi connectivity index (χ1v) is 19.3. The summed E-state index contributed by atoms with van der Waals surface area (Å²) in [5.74, 6) is -2.67. The second-order valence-electron chi connectivity index (χ2n) is 13.5. The highest BCUT2D eigenvalue weighted by atomic mass is 16.4. The Hall–Kier alpha value is -1.92. The smallest absolute Gasteiger partial charge is 0.0786 e. The van der Waals surface area contributed by atoms with Gasteiger partial charge in [0.2, 0.25) is 0 Å². The van der Waals surface area contributed by atoms with Gasteiger partial charge in [-0.15, -0.1) is 0 Å². The van der Waals surface area contributed by atoms with Gasteiger partial charge in [0.05, 0.1) is 64.3 Å². The summed E-state index contributed by atoms with van der Waals surface area (Å²) in [5.41, 5.74) is -0.111. The van der Waals surface area contributed by atoms with Gasteiger partial charge in [-0.3, -0.25) is 0 Å². The highest BCUT2D eigenvalue weighted by molar-refractivity contribution is 5.89. The maximum Gasteiger partial charge on any atom is 0.0786 e. The zero-order valence-corrected chi connectivity index (χ0v) is 31.8. The van der Waals surface area contributed by atoms with Gasteiger partial charge in [-0.2, -0.15) is 0 Å². The molecule has 0 amide bonds. The van der Waals surface area contributed by atoms with E-state index in [-0.39, 0.29) is 11.1 Å². The summed E-state index contributed by atoms with van der Waals surface area (Å²) in [6.45, 7) is 30.0. The first kappa shape index (κ1) is 46.2. The molecule has 6 heteroatoms. The molecular formula is C40H76N2O4. The van der Waals surface area contributed by atoms with E-state index in [1.165, 1.54) is 164 Å². The quantitative estimate of drug-likeness (QED) is 0.0945. The Morgan fingerprint density at radius 2 is 0.543 bits per heavy atom. The van der Waals surface area contributed by atoms with Crippen molar-refractivity contribution < 1.29 is 28.8 Å². The van der Waals surface area contributed by atoms with Crippen LogP contribution in [0.2, 0.25) is 0 Å². The Bertz CT molecular complexity index is 696. The van der Waals surface area contributed by atoms with Crippen LogP contribution in [0.3, 0.4) is 0 Å². The molecule has 0 atom stereocenters. The van der Waals surface area contributed by atoms with Crippen molar-refractivity contribution in [3.63, 3.8) is 0 Å². The lowest BCUT2D eigenvalue weighted by molar-refractivity contribution is -0.929. The number of rotatable bonds is 26. The number of benzene rings is 1. The van der Waals surface area contributed by atoms with Gasteiger partial charge >= 0.3 is 0 Å². The number of aromatic carboxylic acids is 2. The summed E-state index contributed by atoms with van der Waals surface area (Å²) in [6.07, 6.45) is 22.1. The van der Waals surface area contributed by atoms with Gasteiger partial charge in [-0.25, -0.2) is 0 Å². The number of carboxylic acids is 2. The number of hydrogen-bond donors (Lipinski definition) is 0. The molecule has 6 nitrogen and oxygen atoms in total. The zero-order chi connectivity index (χ0) is 35.1. The predicted molar refractivity (Wildman–Crippen MR) is 194 cm³/mol. The van der Waals surface area contributed by atoms with E-state index >= 15 is 0 Å². The maximum absolute atomic E-state index is 10.2. The fourth-order valence-electron chi connectivity index (χ4n) is 6.03. The Kier molecular flexibility index (Phi) is 30.5. The SMILES string of the molecule is CCCC[N+](CCCC)(CCCC)CCCC.CCCC[N+](CCCC)(CCCC)CCCC.O=C([O-])c1ccc(C(=O)[O-])cc1. The predicted octanol–water partition coefficient (Wildman–Crippen LogP) is 8.42. The van der Waals surface area contributed by atoms with Crippen molar-refractivity contribution in [2.24, 2.45) is 0 Å². The minimum absolute atomic E-state index is 0.0556. The van der Waals surface area contributed by atoms with Crippen molar-refractivity contribution in [3.05, 3.63) is 35.4 Å². The summed E-state index contributed by atoms with van der Waals surface area (Å²) in [5, 5.41) is 20.4. The summed E-state index contributed by atoms with van der Waals surface area (Å²) < 4.78 is 2.84. The molecule has 0 heterocycles. The molecule has 0 saturated heterocycles. The number of hydrogen-bond acceptors (Lipinski definition) is 4. The molecule has 0 unspecified atom stereocenters. The van der Waals surface area contributed by atoms with Gasteiger partial charge in [-0.05, 0) is 62.5 Å². The Morgan fingerprint density at radius 3 is 0.652 bits per heavy atom. The maximum atomic E-state index is 10.2. The van der Waals surface area contributed by atoms with Crippen molar-refractivity contribution in [1.82, 2.24) is 0 Å². The van der Waals surface area contributed by atoms with E-state index in [9.17, 15) is 19.8 Å². The Balaban J connectivity index is 0. The molecule has 270 valence electrons. The van der Waals surface area contributed by atoms with Crippen molar-refractivity contribution in [1.29, 1.82) is 0 Å². The minimum atomic E-state index is -1.33. The second kappa shape index (κ2) is 30.4. The number of nitrogens with zero attached hydrogens (tertiary/aromatic N) is 2. The lowest BCUT2D eigenvalue weighted by Gasteiger charge is -2.39. The van der Waals surface area contributed by atoms with E-state index in [4.69, 9.17) is 0 Å². The van der Waals surface area contributed by atoms with Crippen LogP contribution in [-0.4, -0.2) is 73.3 Å². The van der Waals surface area contributed by atoms with Crippen LogP contribution in [0.4, 0.5) is 0 Å². The summed E-state index contributed by atoms with van der Waals surface area (Å²) in [6, 6.07) is 4.61. The highest BCUT2D eigenvalue weighted by Crippen LogP contribution is 2.17. The molecule has 1 aromatic carbocycles. The first-order chi connectivity index (χ1) is 22.1. The fraction of sp³-hybridized carbons (Fsp3) is 0.800. The average molecular weight is 649 g/mol. The molecule has 0 bridgehead atoms. The highest BCUT2D eigenvalue weighted by Gasteiger charge is 2.25. The largest absolute Gasteiger partial charge is 0.545 e. The van der Waals surface area contributed by atoms with Gasteiger partial charge in [0.15, 0.2) is 0 Å². The van der Waals surface area contributed by atoms with Crippen molar-refractivity contribution in [2.45, 2.75) is 158 Å². The molecule has 0 saturated carbocycles. The van der Waals surface area contributed by atoms with E-state index in [2.05, 4.69) is 55.4 Å². The van der Waals surface area contributed by atoms with Crippen LogP contribution in [0.5, 0.6) is 0 Å². The van der Waals surface area contributed by atoms with Crippen molar-refractivity contribution in [3.8, 4) is 0 Å². The van der Waals surface area contributed by atoms with E-state index in [0.717, 1.165) is 24.3 Å². The third kappa shape index (κ3) is 22.6. The Labute approximate surface area is 286 Å². The summed E-state index contributed by atoms with van der Waals surface area (Å²) in [4.78, 5) is 20.4.